The zero-order valence-corrected chi connectivity index (χ0v) is 14.8. The first-order valence-corrected chi connectivity index (χ1v) is 9.12. The molecule has 2 aliphatic rings. The third kappa shape index (κ3) is 3.89. The van der Waals surface area contributed by atoms with Crippen LogP contribution >= 0.6 is 0 Å². The number of nitrogens with one attached hydrogen (secondary N) is 1. The largest absolute Gasteiger partial charge is 0.486 e. The monoisotopic (exact) mass is 367 g/mol. The molecule has 140 valence electrons. The molecule has 0 spiro atoms. The van der Waals surface area contributed by atoms with E-state index < -0.39 is 5.97 Å². The van der Waals surface area contributed by atoms with Crippen LogP contribution in [-0.4, -0.2) is 30.2 Å². The molecule has 1 amide bonds. The summed E-state index contributed by atoms with van der Waals surface area (Å²) in [5, 5.41) is 12.4. The number of fused-ring (bicyclic) bond motifs is 1. The summed E-state index contributed by atoms with van der Waals surface area (Å²) in [5.74, 6) is 0.613. The van der Waals surface area contributed by atoms with E-state index in [0.29, 0.717) is 30.4 Å². The van der Waals surface area contributed by atoms with Crippen molar-refractivity contribution in [3.05, 3.63) is 59.2 Å². The van der Waals surface area contributed by atoms with E-state index in [4.69, 9.17) is 9.47 Å². The van der Waals surface area contributed by atoms with Crippen LogP contribution in [0.3, 0.4) is 0 Å². The molecule has 1 atom stereocenters. The Hall–Kier alpha value is -3.02. The summed E-state index contributed by atoms with van der Waals surface area (Å²) in [7, 11) is 0. The number of benzene rings is 2. The van der Waals surface area contributed by atoms with E-state index in [2.05, 4.69) is 5.32 Å². The highest BCUT2D eigenvalue weighted by Gasteiger charge is 2.34. The number of aromatic carboxylic acids is 1. The van der Waals surface area contributed by atoms with Gasteiger partial charge in [-0.05, 0) is 48.1 Å². The average molecular weight is 367 g/mol. The Morgan fingerprint density at radius 3 is 2.56 bits per heavy atom. The Labute approximate surface area is 157 Å². The van der Waals surface area contributed by atoms with Gasteiger partial charge in [-0.25, -0.2) is 4.79 Å². The van der Waals surface area contributed by atoms with Crippen LogP contribution in [-0.2, 0) is 11.2 Å². The Morgan fingerprint density at radius 2 is 1.81 bits per heavy atom. The molecular weight excluding hydrogens is 346 g/mol. The van der Waals surface area contributed by atoms with E-state index in [9.17, 15) is 14.7 Å². The smallest absolute Gasteiger partial charge is 0.335 e. The number of hydrogen-bond donors (Lipinski definition) is 2. The molecule has 4 rings (SSSR count). The SMILES string of the molecule is O=C(Cc1ccccc1C(=O)O)NC(c1ccc2c(c1)OCCO2)C1CC1. The number of amides is 1. The molecular formula is C21H21NO5. The predicted octanol–water partition coefficient (Wildman–Crippen LogP) is 2.97. The van der Waals surface area contributed by atoms with Crippen LogP contribution in [0.5, 0.6) is 11.5 Å². The summed E-state index contributed by atoms with van der Waals surface area (Å²) in [5.41, 5.74) is 1.66. The zero-order valence-electron chi connectivity index (χ0n) is 14.8. The number of carbonyl (C=O) groups is 2. The van der Waals surface area contributed by atoms with Crippen LogP contribution in [0.4, 0.5) is 0 Å². The number of carboxylic acids is 1. The highest BCUT2D eigenvalue weighted by Crippen LogP contribution is 2.43. The van der Waals surface area contributed by atoms with Crippen molar-refractivity contribution in [1.29, 1.82) is 0 Å². The Kier molecular flexibility index (Phi) is 4.71. The second-order valence-corrected chi connectivity index (χ2v) is 6.92. The van der Waals surface area contributed by atoms with Crippen molar-refractivity contribution < 1.29 is 24.2 Å². The van der Waals surface area contributed by atoms with Crippen molar-refractivity contribution in [2.24, 2.45) is 5.92 Å². The molecule has 0 radical (unpaired) electrons. The molecule has 2 aromatic carbocycles. The highest BCUT2D eigenvalue weighted by molar-refractivity contribution is 5.91. The highest BCUT2D eigenvalue weighted by atomic mass is 16.6. The number of carbonyl (C=O) groups excluding carboxylic acids is 1. The molecule has 1 aliphatic heterocycles. The van der Waals surface area contributed by atoms with Crippen molar-refractivity contribution in [2.75, 3.05) is 13.2 Å². The number of carboxylic acid groups (broad SMARTS) is 1. The minimum atomic E-state index is -1.02. The molecule has 0 aromatic heterocycles. The third-order valence-electron chi connectivity index (χ3n) is 4.93. The van der Waals surface area contributed by atoms with Crippen molar-refractivity contribution >= 4 is 11.9 Å². The van der Waals surface area contributed by atoms with Crippen LogP contribution in [0.25, 0.3) is 0 Å². The van der Waals surface area contributed by atoms with Gasteiger partial charge >= 0.3 is 5.97 Å². The van der Waals surface area contributed by atoms with Crippen molar-refractivity contribution in [1.82, 2.24) is 5.32 Å². The van der Waals surface area contributed by atoms with Crippen molar-refractivity contribution in [3.8, 4) is 11.5 Å². The summed E-state index contributed by atoms with van der Waals surface area (Å²) in [6, 6.07) is 12.3. The Bertz CT molecular complexity index is 875. The molecule has 6 nitrogen and oxygen atoms in total. The van der Waals surface area contributed by atoms with Gasteiger partial charge in [-0.1, -0.05) is 24.3 Å². The molecule has 1 unspecified atom stereocenters. The van der Waals surface area contributed by atoms with E-state index in [1.54, 1.807) is 18.2 Å². The molecule has 1 fully saturated rings. The van der Waals surface area contributed by atoms with Crippen molar-refractivity contribution in [3.63, 3.8) is 0 Å². The van der Waals surface area contributed by atoms with Crippen LogP contribution in [0.15, 0.2) is 42.5 Å². The van der Waals surface area contributed by atoms with Gasteiger partial charge < -0.3 is 19.9 Å². The Balaban J connectivity index is 1.51. The van der Waals surface area contributed by atoms with Gasteiger partial charge in [0.25, 0.3) is 0 Å². The lowest BCUT2D eigenvalue weighted by atomic mass is 10.00. The second-order valence-electron chi connectivity index (χ2n) is 6.92. The standard InChI is InChI=1S/C21H21NO5/c23-19(12-14-3-1-2-4-16(14)21(24)25)22-20(13-5-6-13)15-7-8-17-18(11-15)27-10-9-26-17/h1-4,7-8,11,13,20H,5-6,9-10,12H2,(H,22,23)(H,24,25). The summed E-state index contributed by atoms with van der Waals surface area (Å²) in [4.78, 5) is 24.0. The summed E-state index contributed by atoms with van der Waals surface area (Å²) in [6.07, 6.45) is 2.16. The molecule has 2 aromatic rings. The lowest BCUT2D eigenvalue weighted by molar-refractivity contribution is -0.121. The quantitative estimate of drug-likeness (QED) is 0.820. The molecule has 1 heterocycles. The topological polar surface area (TPSA) is 84.9 Å². The fourth-order valence-electron chi connectivity index (χ4n) is 3.44. The minimum absolute atomic E-state index is 0.0379. The van der Waals surface area contributed by atoms with Gasteiger partial charge in [-0.2, -0.15) is 0 Å². The van der Waals surface area contributed by atoms with Gasteiger partial charge in [-0.3, -0.25) is 4.79 Å². The third-order valence-corrected chi connectivity index (χ3v) is 4.93. The van der Waals surface area contributed by atoms with Gasteiger partial charge in [0, 0.05) is 0 Å². The summed E-state index contributed by atoms with van der Waals surface area (Å²) < 4.78 is 11.2. The molecule has 0 bridgehead atoms. The van der Waals surface area contributed by atoms with E-state index in [0.717, 1.165) is 24.2 Å². The van der Waals surface area contributed by atoms with E-state index in [1.807, 2.05) is 18.2 Å². The lowest BCUT2D eigenvalue weighted by Gasteiger charge is -2.23. The van der Waals surface area contributed by atoms with Crippen LogP contribution in [0.1, 0.15) is 40.4 Å². The number of rotatable bonds is 6. The van der Waals surface area contributed by atoms with Crippen LogP contribution in [0, 0.1) is 5.92 Å². The molecule has 6 heteroatoms. The average Bonchev–Trinajstić information content (AvgIpc) is 3.51. The zero-order chi connectivity index (χ0) is 18.8. The number of ether oxygens (including phenoxy) is 2. The molecule has 1 saturated carbocycles. The van der Waals surface area contributed by atoms with Gasteiger partial charge in [0.2, 0.25) is 5.91 Å². The molecule has 2 N–H and O–H groups in total. The van der Waals surface area contributed by atoms with Gasteiger partial charge in [0.15, 0.2) is 11.5 Å². The normalized spacial score (nSPS) is 16.4. The molecule has 1 aliphatic carbocycles. The summed E-state index contributed by atoms with van der Waals surface area (Å²) in [6.45, 7) is 1.06. The first-order chi connectivity index (χ1) is 13.1. The minimum Gasteiger partial charge on any atom is -0.486 e. The maximum Gasteiger partial charge on any atom is 0.335 e. The van der Waals surface area contributed by atoms with Gasteiger partial charge in [0.05, 0.1) is 18.0 Å². The fourth-order valence-corrected chi connectivity index (χ4v) is 3.44. The van der Waals surface area contributed by atoms with Gasteiger partial charge in [0.1, 0.15) is 13.2 Å². The molecule has 27 heavy (non-hydrogen) atoms. The Morgan fingerprint density at radius 1 is 1.07 bits per heavy atom. The predicted molar refractivity (Wildman–Crippen MR) is 98.1 cm³/mol. The van der Waals surface area contributed by atoms with E-state index >= 15 is 0 Å². The van der Waals surface area contributed by atoms with Crippen LogP contribution < -0.4 is 14.8 Å². The van der Waals surface area contributed by atoms with E-state index in [-0.39, 0.29) is 23.9 Å². The fraction of sp³-hybridized carbons (Fsp3) is 0.333. The molecule has 0 saturated heterocycles. The van der Waals surface area contributed by atoms with Crippen molar-refractivity contribution in [2.45, 2.75) is 25.3 Å². The second kappa shape index (κ2) is 7.31. The first-order valence-electron chi connectivity index (χ1n) is 9.12. The van der Waals surface area contributed by atoms with Crippen LogP contribution in [0.2, 0.25) is 0 Å². The summed E-state index contributed by atoms with van der Waals surface area (Å²) >= 11 is 0. The maximum absolute atomic E-state index is 12.6. The van der Waals surface area contributed by atoms with E-state index in [1.165, 1.54) is 6.07 Å². The first kappa shape index (κ1) is 17.4. The lowest BCUT2D eigenvalue weighted by Crippen LogP contribution is -2.31. The number of hydrogen-bond acceptors (Lipinski definition) is 4. The van der Waals surface area contributed by atoms with Gasteiger partial charge in [-0.15, -0.1) is 0 Å². The maximum atomic E-state index is 12.6.